The molecular formula is C14H15NO2. The minimum absolute atomic E-state index is 0.836. The van der Waals surface area contributed by atoms with Crippen molar-refractivity contribution in [2.45, 2.75) is 6.92 Å². The quantitative estimate of drug-likeness (QED) is 0.810. The molecule has 2 aromatic rings. The van der Waals surface area contributed by atoms with Gasteiger partial charge in [-0.15, -0.1) is 0 Å². The van der Waals surface area contributed by atoms with Gasteiger partial charge in [-0.25, -0.2) is 0 Å². The second-order valence-electron chi connectivity index (χ2n) is 3.70. The van der Waals surface area contributed by atoms with Gasteiger partial charge in [0.15, 0.2) is 0 Å². The highest BCUT2D eigenvalue weighted by molar-refractivity contribution is 5.50. The Morgan fingerprint density at radius 1 is 1.00 bits per heavy atom. The van der Waals surface area contributed by atoms with Crippen LogP contribution in [0, 0.1) is 6.92 Å². The number of aryl methyl sites for hydroxylation is 1. The Hall–Kier alpha value is -2.00. The van der Waals surface area contributed by atoms with Crippen LogP contribution in [0.15, 0.2) is 48.5 Å². The Morgan fingerprint density at radius 2 is 1.76 bits per heavy atom. The van der Waals surface area contributed by atoms with Gasteiger partial charge in [-0.2, -0.15) is 0 Å². The number of benzene rings is 2. The molecule has 3 heteroatoms. The molecule has 2 rings (SSSR count). The average molecular weight is 229 g/mol. The lowest BCUT2D eigenvalue weighted by Gasteiger charge is -2.10. The fourth-order valence-electron chi connectivity index (χ4n) is 1.56. The van der Waals surface area contributed by atoms with Crippen LogP contribution in [0.2, 0.25) is 0 Å². The van der Waals surface area contributed by atoms with Gasteiger partial charge in [-0.3, -0.25) is 10.3 Å². The van der Waals surface area contributed by atoms with E-state index in [-0.39, 0.29) is 0 Å². The van der Waals surface area contributed by atoms with Crippen molar-refractivity contribution in [3.63, 3.8) is 0 Å². The topological polar surface area (TPSA) is 30.5 Å². The third-order valence-corrected chi connectivity index (χ3v) is 2.37. The van der Waals surface area contributed by atoms with Gasteiger partial charge < -0.3 is 4.74 Å². The fraction of sp³-hybridized carbons (Fsp3) is 0.143. The van der Waals surface area contributed by atoms with Crippen molar-refractivity contribution in [2.24, 2.45) is 0 Å². The molecule has 88 valence electrons. The largest absolute Gasteiger partial charge is 0.457 e. The van der Waals surface area contributed by atoms with E-state index < -0.39 is 0 Å². The minimum Gasteiger partial charge on any atom is -0.457 e. The lowest BCUT2D eigenvalue weighted by atomic mass is 10.2. The molecule has 0 aliphatic heterocycles. The molecule has 0 atom stereocenters. The Kier molecular flexibility index (Phi) is 3.62. The first-order chi connectivity index (χ1) is 8.29. The monoisotopic (exact) mass is 229 g/mol. The Morgan fingerprint density at radius 3 is 2.41 bits per heavy atom. The van der Waals surface area contributed by atoms with E-state index in [1.807, 2.05) is 55.5 Å². The second-order valence-corrected chi connectivity index (χ2v) is 3.70. The normalized spacial score (nSPS) is 10.0. The number of nitrogens with one attached hydrogen (secondary N) is 1. The highest BCUT2D eigenvalue weighted by atomic mass is 16.6. The predicted octanol–water partition coefficient (Wildman–Crippen LogP) is 3.76. The number of hydrogen-bond donors (Lipinski definition) is 1. The molecule has 0 aliphatic carbocycles. The van der Waals surface area contributed by atoms with Crippen LogP contribution < -0.4 is 10.2 Å². The third kappa shape index (κ3) is 2.98. The van der Waals surface area contributed by atoms with Gasteiger partial charge in [0.25, 0.3) is 0 Å². The van der Waals surface area contributed by atoms with E-state index in [1.165, 1.54) is 0 Å². The van der Waals surface area contributed by atoms with Crippen molar-refractivity contribution in [1.82, 2.24) is 0 Å². The van der Waals surface area contributed by atoms with Crippen LogP contribution in [0.25, 0.3) is 0 Å². The number of ether oxygens (including phenoxy) is 1. The Labute approximate surface area is 101 Å². The molecule has 2 aromatic carbocycles. The van der Waals surface area contributed by atoms with Gasteiger partial charge in [0.1, 0.15) is 11.5 Å². The van der Waals surface area contributed by atoms with Gasteiger partial charge in [0.2, 0.25) is 0 Å². The van der Waals surface area contributed by atoms with Crippen molar-refractivity contribution < 1.29 is 9.57 Å². The summed E-state index contributed by atoms with van der Waals surface area (Å²) < 4.78 is 5.77. The molecule has 0 aromatic heterocycles. The summed E-state index contributed by atoms with van der Waals surface area (Å²) in [4.78, 5) is 4.85. The van der Waals surface area contributed by atoms with E-state index in [2.05, 4.69) is 5.48 Å². The van der Waals surface area contributed by atoms with E-state index in [0.717, 1.165) is 22.7 Å². The molecular weight excluding hydrogens is 214 g/mol. The van der Waals surface area contributed by atoms with Gasteiger partial charge in [-0.1, -0.05) is 18.2 Å². The maximum atomic E-state index is 5.77. The molecule has 0 bridgehead atoms. The van der Waals surface area contributed by atoms with Crippen molar-refractivity contribution in [3.8, 4) is 11.5 Å². The summed E-state index contributed by atoms with van der Waals surface area (Å²) in [5.74, 6) is 1.68. The summed E-state index contributed by atoms with van der Waals surface area (Å²) in [5, 5.41) is 0. The second kappa shape index (κ2) is 5.37. The molecule has 0 amide bonds. The maximum absolute atomic E-state index is 5.77. The Balaban J connectivity index is 2.17. The molecule has 3 nitrogen and oxygen atoms in total. The van der Waals surface area contributed by atoms with Crippen LogP contribution >= 0.6 is 0 Å². The molecule has 1 N–H and O–H groups in total. The molecule has 0 spiro atoms. The lowest BCUT2D eigenvalue weighted by Crippen LogP contribution is -1.96. The fourth-order valence-corrected chi connectivity index (χ4v) is 1.56. The molecule has 0 radical (unpaired) electrons. The van der Waals surface area contributed by atoms with Crippen LogP contribution in [-0.4, -0.2) is 7.11 Å². The zero-order valence-electron chi connectivity index (χ0n) is 9.94. The van der Waals surface area contributed by atoms with Crippen LogP contribution in [0.4, 0.5) is 5.69 Å². The number of rotatable bonds is 4. The first kappa shape index (κ1) is 11.5. The van der Waals surface area contributed by atoms with Gasteiger partial charge in [-0.05, 0) is 42.8 Å². The SMILES string of the molecule is CONc1ccc(Oc2ccccc2)c(C)c1. The summed E-state index contributed by atoms with van der Waals surface area (Å²) >= 11 is 0. The molecule has 0 unspecified atom stereocenters. The predicted molar refractivity (Wildman–Crippen MR) is 68.3 cm³/mol. The first-order valence-electron chi connectivity index (χ1n) is 5.42. The van der Waals surface area contributed by atoms with E-state index >= 15 is 0 Å². The van der Waals surface area contributed by atoms with Gasteiger partial charge >= 0.3 is 0 Å². The van der Waals surface area contributed by atoms with Crippen LogP contribution in [0.1, 0.15) is 5.56 Å². The smallest absolute Gasteiger partial charge is 0.130 e. The average Bonchev–Trinajstić information content (AvgIpc) is 2.34. The third-order valence-electron chi connectivity index (χ3n) is 2.37. The van der Waals surface area contributed by atoms with Gasteiger partial charge in [0.05, 0.1) is 12.8 Å². The summed E-state index contributed by atoms with van der Waals surface area (Å²) in [7, 11) is 1.59. The molecule has 0 saturated carbocycles. The molecule has 0 fully saturated rings. The highest BCUT2D eigenvalue weighted by Crippen LogP contribution is 2.26. The molecule has 17 heavy (non-hydrogen) atoms. The molecule has 0 saturated heterocycles. The van der Waals surface area contributed by atoms with Crippen LogP contribution in [0.5, 0.6) is 11.5 Å². The molecule has 0 aliphatic rings. The van der Waals surface area contributed by atoms with E-state index in [1.54, 1.807) is 7.11 Å². The standard InChI is InChI=1S/C14H15NO2/c1-11-10-12(15-16-2)8-9-14(11)17-13-6-4-3-5-7-13/h3-10,15H,1-2H3. The van der Waals surface area contributed by atoms with Crippen molar-refractivity contribution in [1.29, 1.82) is 0 Å². The van der Waals surface area contributed by atoms with Crippen molar-refractivity contribution in [2.75, 3.05) is 12.6 Å². The number of anilines is 1. The lowest BCUT2D eigenvalue weighted by molar-refractivity contribution is 0.271. The van der Waals surface area contributed by atoms with Crippen molar-refractivity contribution in [3.05, 3.63) is 54.1 Å². The maximum Gasteiger partial charge on any atom is 0.130 e. The minimum atomic E-state index is 0.836. The summed E-state index contributed by atoms with van der Waals surface area (Å²) in [5.41, 5.74) is 4.74. The van der Waals surface area contributed by atoms with E-state index in [4.69, 9.17) is 9.57 Å². The van der Waals surface area contributed by atoms with Crippen molar-refractivity contribution >= 4 is 5.69 Å². The first-order valence-corrected chi connectivity index (χ1v) is 5.42. The van der Waals surface area contributed by atoms with E-state index in [9.17, 15) is 0 Å². The Bertz CT molecular complexity index is 483. The zero-order valence-corrected chi connectivity index (χ0v) is 9.94. The van der Waals surface area contributed by atoms with E-state index in [0.29, 0.717) is 0 Å². The summed E-state index contributed by atoms with van der Waals surface area (Å²) in [6.07, 6.45) is 0. The zero-order chi connectivity index (χ0) is 12.1. The number of hydrogen-bond acceptors (Lipinski definition) is 3. The summed E-state index contributed by atoms with van der Waals surface area (Å²) in [6.45, 7) is 2.00. The molecule has 0 heterocycles. The van der Waals surface area contributed by atoms with Crippen LogP contribution in [-0.2, 0) is 4.84 Å². The van der Waals surface area contributed by atoms with Crippen LogP contribution in [0.3, 0.4) is 0 Å². The summed E-state index contributed by atoms with van der Waals surface area (Å²) in [6, 6.07) is 15.5. The number of para-hydroxylation sites is 1. The highest BCUT2D eigenvalue weighted by Gasteiger charge is 2.02. The van der Waals surface area contributed by atoms with Gasteiger partial charge in [0, 0.05) is 0 Å².